The van der Waals surface area contributed by atoms with Crippen LogP contribution >= 0.6 is 11.6 Å². The van der Waals surface area contributed by atoms with Crippen LogP contribution in [-0.4, -0.2) is 45.6 Å². The second kappa shape index (κ2) is 11.6. The largest absolute Gasteiger partial charge is 0.493 e. The molecule has 3 aromatic rings. The average molecular weight is 502 g/mol. The van der Waals surface area contributed by atoms with Crippen LogP contribution in [0.5, 0.6) is 11.5 Å². The van der Waals surface area contributed by atoms with Crippen LogP contribution < -0.4 is 14.9 Å². The fourth-order valence-corrected chi connectivity index (χ4v) is 4.66. The number of ether oxygens (including phenoxy) is 2. The number of para-hydroxylation sites is 1. The number of carbonyl (C=O) groups excluding carboxylic acids is 1. The number of hydrogen-bond acceptors (Lipinski definition) is 6. The molecule has 0 atom stereocenters. The van der Waals surface area contributed by atoms with Crippen LogP contribution in [0.4, 0.5) is 0 Å². The molecular weight excluding hydrogens is 478 g/mol. The molecule has 0 saturated carbocycles. The number of hydrazone groups is 1. The van der Waals surface area contributed by atoms with Gasteiger partial charge in [0.25, 0.3) is 5.91 Å². The molecule has 3 aromatic carbocycles. The first-order chi connectivity index (χ1) is 16.3. The standard InChI is InChI=1S/C24H24ClN3O5S/c1-32-22-10-6-9-19(24(22)33-2)15-26-27-23(29)17-28(16-18-7-4-3-5-8-18)34(30,31)21-13-11-20(25)12-14-21/h3-15H,16-17H2,1-2H3,(H,27,29)/b26-15-. The van der Waals surface area contributed by atoms with Gasteiger partial charge in [-0.05, 0) is 42.0 Å². The Morgan fingerprint density at radius 2 is 1.71 bits per heavy atom. The lowest BCUT2D eigenvalue weighted by molar-refractivity contribution is -0.121. The maximum atomic E-state index is 13.3. The third-order valence-electron chi connectivity index (χ3n) is 4.80. The van der Waals surface area contributed by atoms with Gasteiger partial charge >= 0.3 is 0 Å². The van der Waals surface area contributed by atoms with Crippen molar-refractivity contribution in [2.45, 2.75) is 11.4 Å². The Bertz CT molecular complexity index is 1250. The fourth-order valence-electron chi connectivity index (χ4n) is 3.15. The summed E-state index contributed by atoms with van der Waals surface area (Å²) >= 11 is 5.90. The maximum absolute atomic E-state index is 13.3. The predicted octanol–water partition coefficient (Wildman–Crippen LogP) is 3.70. The van der Waals surface area contributed by atoms with Crippen molar-refractivity contribution in [2.24, 2.45) is 5.10 Å². The minimum Gasteiger partial charge on any atom is -0.493 e. The van der Waals surface area contributed by atoms with Crippen LogP contribution in [0.3, 0.4) is 0 Å². The van der Waals surface area contributed by atoms with Crippen LogP contribution in [0.15, 0.2) is 82.8 Å². The molecule has 0 aromatic heterocycles. The van der Waals surface area contributed by atoms with Crippen molar-refractivity contribution in [2.75, 3.05) is 20.8 Å². The highest BCUT2D eigenvalue weighted by Crippen LogP contribution is 2.29. The number of carbonyl (C=O) groups is 1. The number of sulfonamides is 1. The minimum atomic E-state index is -3.98. The van der Waals surface area contributed by atoms with Gasteiger partial charge in [0.05, 0.1) is 31.9 Å². The van der Waals surface area contributed by atoms with Crippen LogP contribution in [0.25, 0.3) is 0 Å². The van der Waals surface area contributed by atoms with Gasteiger partial charge in [0, 0.05) is 17.1 Å². The summed E-state index contributed by atoms with van der Waals surface area (Å²) in [6, 6.07) is 20.0. The first kappa shape index (κ1) is 25.2. The summed E-state index contributed by atoms with van der Waals surface area (Å²) in [6.07, 6.45) is 1.40. The molecule has 0 fully saturated rings. The Balaban J connectivity index is 1.79. The Morgan fingerprint density at radius 3 is 2.35 bits per heavy atom. The van der Waals surface area contributed by atoms with E-state index >= 15 is 0 Å². The first-order valence-electron chi connectivity index (χ1n) is 10.2. The maximum Gasteiger partial charge on any atom is 0.255 e. The highest BCUT2D eigenvalue weighted by Gasteiger charge is 2.27. The summed E-state index contributed by atoms with van der Waals surface area (Å²) in [6.45, 7) is -0.431. The van der Waals surface area contributed by atoms with E-state index in [1.54, 1.807) is 42.5 Å². The molecule has 10 heteroatoms. The molecule has 34 heavy (non-hydrogen) atoms. The molecule has 3 rings (SSSR count). The minimum absolute atomic E-state index is 0.00659. The highest BCUT2D eigenvalue weighted by molar-refractivity contribution is 7.89. The van der Waals surface area contributed by atoms with Crippen molar-refractivity contribution in [3.63, 3.8) is 0 Å². The Morgan fingerprint density at radius 1 is 1.00 bits per heavy atom. The van der Waals surface area contributed by atoms with E-state index in [0.717, 1.165) is 9.87 Å². The summed E-state index contributed by atoms with van der Waals surface area (Å²) in [7, 11) is -0.969. The van der Waals surface area contributed by atoms with Crippen molar-refractivity contribution >= 4 is 33.7 Å². The summed E-state index contributed by atoms with van der Waals surface area (Å²) in [5.41, 5.74) is 3.69. The molecule has 0 aliphatic heterocycles. The number of methoxy groups -OCH3 is 2. The van der Waals surface area contributed by atoms with Gasteiger partial charge in [-0.1, -0.05) is 48.0 Å². The summed E-state index contributed by atoms with van der Waals surface area (Å²) < 4.78 is 38.2. The number of rotatable bonds is 10. The molecule has 1 N–H and O–H groups in total. The van der Waals surface area contributed by atoms with Crippen molar-refractivity contribution in [1.29, 1.82) is 0 Å². The van der Waals surface area contributed by atoms with E-state index < -0.39 is 22.5 Å². The van der Waals surface area contributed by atoms with Crippen LogP contribution in [-0.2, 0) is 21.4 Å². The van der Waals surface area contributed by atoms with Gasteiger partial charge in [0.2, 0.25) is 10.0 Å². The zero-order valence-corrected chi connectivity index (χ0v) is 20.2. The van der Waals surface area contributed by atoms with E-state index in [0.29, 0.717) is 22.1 Å². The normalized spacial score (nSPS) is 11.5. The van der Waals surface area contributed by atoms with Gasteiger partial charge in [-0.25, -0.2) is 13.8 Å². The number of nitrogens with zero attached hydrogens (tertiary/aromatic N) is 2. The van der Waals surface area contributed by atoms with E-state index in [2.05, 4.69) is 10.5 Å². The summed E-state index contributed by atoms with van der Waals surface area (Å²) in [5.74, 6) is 0.367. The lowest BCUT2D eigenvalue weighted by Crippen LogP contribution is -2.39. The zero-order chi connectivity index (χ0) is 24.6. The lowest BCUT2D eigenvalue weighted by atomic mass is 10.2. The number of benzene rings is 3. The third kappa shape index (κ3) is 6.34. The van der Waals surface area contributed by atoms with Crippen molar-refractivity contribution in [3.05, 3.63) is 88.9 Å². The van der Waals surface area contributed by atoms with Gasteiger partial charge in [-0.3, -0.25) is 4.79 Å². The van der Waals surface area contributed by atoms with Crippen LogP contribution in [0.2, 0.25) is 5.02 Å². The van der Waals surface area contributed by atoms with Gasteiger partial charge in [0.15, 0.2) is 11.5 Å². The lowest BCUT2D eigenvalue weighted by Gasteiger charge is -2.21. The number of halogens is 1. The smallest absolute Gasteiger partial charge is 0.255 e. The molecule has 0 aliphatic carbocycles. The molecule has 0 bridgehead atoms. The van der Waals surface area contributed by atoms with Crippen LogP contribution in [0, 0.1) is 0 Å². The Labute approximate surface area is 203 Å². The number of hydrogen-bond donors (Lipinski definition) is 1. The Hall–Kier alpha value is -3.40. The molecule has 0 unspecified atom stereocenters. The summed E-state index contributed by atoms with van der Waals surface area (Å²) in [4.78, 5) is 12.7. The molecule has 8 nitrogen and oxygen atoms in total. The van der Waals surface area contributed by atoms with E-state index in [9.17, 15) is 13.2 Å². The predicted molar refractivity (Wildman–Crippen MR) is 131 cm³/mol. The van der Waals surface area contributed by atoms with Crippen molar-refractivity contribution in [3.8, 4) is 11.5 Å². The fraction of sp³-hybridized carbons (Fsp3) is 0.167. The average Bonchev–Trinajstić information content (AvgIpc) is 2.84. The van der Waals surface area contributed by atoms with Gasteiger partial charge in [-0.15, -0.1) is 0 Å². The number of nitrogens with one attached hydrogen (secondary N) is 1. The van der Waals surface area contributed by atoms with Gasteiger partial charge in [-0.2, -0.15) is 9.41 Å². The monoisotopic (exact) mass is 501 g/mol. The number of amides is 1. The molecule has 0 spiro atoms. The molecule has 1 amide bonds. The molecule has 178 valence electrons. The van der Waals surface area contributed by atoms with Gasteiger partial charge in [0.1, 0.15) is 0 Å². The quantitative estimate of drug-likeness (QED) is 0.337. The van der Waals surface area contributed by atoms with E-state index in [4.69, 9.17) is 21.1 Å². The molecule has 0 saturated heterocycles. The van der Waals surface area contributed by atoms with E-state index in [-0.39, 0.29) is 11.4 Å². The first-order valence-corrected chi connectivity index (χ1v) is 12.0. The molecule has 0 radical (unpaired) electrons. The van der Waals surface area contributed by atoms with E-state index in [1.807, 2.05) is 6.07 Å². The topological polar surface area (TPSA) is 97.3 Å². The molecular formula is C24H24ClN3O5S. The van der Waals surface area contributed by atoms with Crippen molar-refractivity contribution in [1.82, 2.24) is 9.73 Å². The SMILES string of the molecule is COc1cccc(/C=N\NC(=O)CN(Cc2ccccc2)S(=O)(=O)c2ccc(Cl)cc2)c1OC. The Kier molecular flexibility index (Phi) is 8.64. The third-order valence-corrected chi connectivity index (χ3v) is 6.86. The van der Waals surface area contributed by atoms with Crippen LogP contribution in [0.1, 0.15) is 11.1 Å². The highest BCUT2D eigenvalue weighted by atomic mass is 35.5. The second-order valence-corrected chi connectivity index (χ2v) is 9.46. The van der Waals surface area contributed by atoms with Gasteiger partial charge < -0.3 is 9.47 Å². The van der Waals surface area contributed by atoms with E-state index in [1.165, 1.54) is 44.7 Å². The zero-order valence-electron chi connectivity index (χ0n) is 18.6. The molecule has 0 heterocycles. The van der Waals surface area contributed by atoms with Crippen molar-refractivity contribution < 1.29 is 22.7 Å². The summed E-state index contributed by atoms with van der Waals surface area (Å²) in [5, 5.41) is 4.36. The second-order valence-electron chi connectivity index (χ2n) is 7.09. The molecule has 0 aliphatic rings.